The molecule has 2 unspecified atom stereocenters. The number of pyridine rings is 1. The number of alkyl halides is 6. The molecule has 2 aliphatic heterocycles. The number of rotatable bonds is 9. The molecule has 0 fully saturated rings. The molecule has 5 rings (SSSR count). The van der Waals surface area contributed by atoms with Crippen LogP contribution in [-0.4, -0.2) is 60.2 Å². The maximum atomic E-state index is 14.2. The number of hydrogen-bond acceptors (Lipinski definition) is 8. The molecule has 3 heterocycles. The number of aromatic nitrogens is 5. The number of esters is 1. The zero-order valence-corrected chi connectivity index (χ0v) is 23.3. The van der Waals surface area contributed by atoms with E-state index < -0.39 is 71.9 Å². The van der Waals surface area contributed by atoms with Crippen LogP contribution in [0.3, 0.4) is 0 Å². The maximum Gasteiger partial charge on any atom is 0.417 e. The summed E-state index contributed by atoms with van der Waals surface area (Å²) in [5.74, 6) is -1.17. The number of halogens is 7. The van der Waals surface area contributed by atoms with Crippen LogP contribution < -0.4 is 0 Å². The Morgan fingerprint density at radius 3 is 2.28 bits per heavy atom. The lowest BCUT2D eigenvalue weighted by atomic mass is 10.00. The molecule has 2 aliphatic rings. The van der Waals surface area contributed by atoms with Crippen LogP contribution in [0.4, 0.5) is 30.7 Å². The molecule has 0 spiro atoms. The average molecular weight is 650 g/mol. The van der Waals surface area contributed by atoms with Gasteiger partial charge in [0.05, 0.1) is 34.8 Å². The van der Waals surface area contributed by atoms with E-state index in [1.54, 1.807) is 12.1 Å². The van der Waals surface area contributed by atoms with Gasteiger partial charge < -0.3 is 19.5 Å². The molecule has 46 heavy (non-hydrogen) atoms. The minimum absolute atomic E-state index is 0.0238. The van der Waals surface area contributed by atoms with E-state index in [4.69, 9.17) is 9.84 Å². The van der Waals surface area contributed by atoms with Crippen molar-refractivity contribution in [1.29, 1.82) is 0 Å². The summed E-state index contributed by atoms with van der Waals surface area (Å²) in [7, 11) is 0. The van der Waals surface area contributed by atoms with Crippen LogP contribution in [0.1, 0.15) is 34.3 Å². The number of aliphatic hydroxyl groups is 2. The Kier molecular flexibility index (Phi) is 9.03. The molecule has 0 radical (unpaired) electrons. The number of ether oxygens (including phenoxy) is 1. The molecule has 1 aromatic heterocycles. The van der Waals surface area contributed by atoms with Crippen LogP contribution in [0.25, 0.3) is 22.6 Å². The summed E-state index contributed by atoms with van der Waals surface area (Å²) in [5.41, 5.74) is -3.30. The van der Waals surface area contributed by atoms with Crippen LogP contribution >= 0.6 is 0 Å². The van der Waals surface area contributed by atoms with Gasteiger partial charge in [0.25, 0.3) is 0 Å². The highest BCUT2D eigenvalue weighted by Gasteiger charge is 2.39. The van der Waals surface area contributed by atoms with Crippen LogP contribution in [0.2, 0.25) is 0 Å². The topological polar surface area (TPSA) is 123 Å². The first-order chi connectivity index (χ1) is 21.7. The Labute approximate surface area is 255 Å². The molecular weight excluding hydrogens is 627 g/mol. The van der Waals surface area contributed by atoms with Crippen molar-refractivity contribution in [3.8, 4) is 22.6 Å². The molecule has 3 aromatic rings. The molecule has 2 N–H and O–H groups in total. The van der Waals surface area contributed by atoms with Gasteiger partial charge in [0.2, 0.25) is 0 Å². The first-order valence-electron chi connectivity index (χ1n) is 13.4. The smallest absolute Gasteiger partial charge is 0.417 e. The van der Waals surface area contributed by atoms with Crippen molar-refractivity contribution in [3.05, 3.63) is 107 Å². The maximum absolute atomic E-state index is 14.2. The molecule has 0 aliphatic carbocycles. The second kappa shape index (κ2) is 12.8. The zero-order valence-electron chi connectivity index (χ0n) is 23.3. The van der Waals surface area contributed by atoms with Crippen molar-refractivity contribution < 1.29 is 50.5 Å². The monoisotopic (exact) mass is 649 g/mol. The SMILES string of the molecule is O=C(OCC(O)CO)C(c1ccc(-c2ccc(C(F)(F)F)cc2C(F)(F)F)nn1)n1ccc2nc(Cc3ccccc3F)nc-2c1. The van der Waals surface area contributed by atoms with Crippen molar-refractivity contribution >= 4 is 5.97 Å². The summed E-state index contributed by atoms with van der Waals surface area (Å²) >= 11 is 0. The van der Waals surface area contributed by atoms with Gasteiger partial charge in [-0.3, -0.25) is 0 Å². The molecule has 0 saturated carbocycles. The number of carbonyl (C=O) groups is 1. The Hall–Kier alpha value is -4.96. The highest BCUT2D eigenvalue weighted by molar-refractivity contribution is 5.78. The van der Waals surface area contributed by atoms with Gasteiger partial charge in [0.15, 0.2) is 6.04 Å². The normalized spacial score (nSPS) is 13.5. The minimum Gasteiger partial charge on any atom is -0.461 e. The zero-order chi connectivity index (χ0) is 33.2. The van der Waals surface area contributed by atoms with E-state index in [9.17, 15) is 40.6 Å². The summed E-state index contributed by atoms with van der Waals surface area (Å²) in [6.45, 7) is -1.32. The highest BCUT2D eigenvalue weighted by Crippen LogP contribution is 2.40. The number of benzene rings is 2. The average Bonchev–Trinajstić information content (AvgIpc) is 3.42. The Bertz CT molecular complexity index is 1810. The molecule has 240 valence electrons. The lowest BCUT2D eigenvalue weighted by molar-refractivity contribution is -0.150. The molecule has 2 atom stereocenters. The van der Waals surface area contributed by atoms with Gasteiger partial charge in [-0.15, -0.1) is 0 Å². The van der Waals surface area contributed by atoms with Gasteiger partial charge in [-0.2, -0.15) is 36.5 Å². The Balaban J connectivity index is 1.51. The first-order valence-corrected chi connectivity index (χ1v) is 13.4. The standard InChI is InChI=1S/C30H22F7N5O4/c31-21-4-2-1-3-16(21)11-26-38-23-9-10-42(13-25(23)39-26)27(28(45)46-15-18(44)14-43)24-8-7-22(40-41-24)19-6-5-17(29(32,33)34)12-20(19)30(35,36)37/h1-10,12-13,18,27,43-44H,11,14-15H2. The van der Waals surface area contributed by atoms with Crippen molar-refractivity contribution in [2.75, 3.05) is 13.2 Å². The van der Waals surface area contributed by atoms with Crippen LogP contribution in [0, 0.1) is 5.82 Å². The van der Waals surface area contributed by atoms with Gasteiger partial charge >= 0.3 is 18.3 Å². The van der Waals surface area contributed by atoms with E-state index in [1.165, 1.54) is 35.2 Å². The largest absolute Gasteiger partial charge is 0.461 e. The molecule has 2 aromatic carbocycles. The number of carbonyl (C=O) groups excluding carboxylic acids is 1. The van der Waals surface area contributed by atoms with E-state index in [0.29, 0.717) is 23.4 Å². The Morgan fingerprint density at radius 1 is 0.891 bits per heavy atom. The molecule has 0 saturated heterocycles. The molecular formula is C30H22F7N5O4. The van der Waals surface area contributed by atoms with Gasteiger partial charge in [-0.1, -0.05) is 24.3 Å². The fourth-order valence-electron chi connectivity index (χ4n) is 4.54. The molecule has 0 bridgehead atoms. The van der Waals surface area contributed by atoms with E-state index in [0.717, 1.165) is 12.1 Å². The second-order valence-electron chi connectivity index (χ2n) is 10.0. The van der Waals surface area contributed by atoms with E-state index in [2.05, 4.69) is 20.2 Å². The number of fused-ring (bicyclic) bond motifs is 1. The number of nitrogens with zero attached hydrogens (tertiary/aromatic N) is 5. The van der Waals surface area contributed by atoms with Crippen LogP contribution in [0.15, 0.2) is 73.1 Å². The summed E-state index contributed by atoms with van der Waals surface area (Å²) in [6, 6.07) is 9.41. The minimum atomic E-state index is -5.16. The van der Waals surface area contributed by atoms with E-state index in [-0.39, 0.29) is 29.7 Å². The third-order valence-corrected chi connectivity index (χ3v) is 6.79. The van der Waals surface area contributed by atoms with Crippen molar-refractivity contribution in [2.24, 2.45) is 0 Å². The third-order valence-electron chi connectivity index (χ3n) is 6.79. The molecule has 0 amide bonds. The number of imidazole rings is 1. The van der Waals surface area contributed by atoms with Gasteiger partial charge in [-0.25, -0.2) is 19.2 Å². The van der Waals surface area contributed by atoms with Crippen LogP contribution in [0.5, 0.6) is 0 Å². The van der Waals surface area contributed by atoms with Gasteiger partial charge in [0.1, 0.15) is 30.0 Å². The van der Waals surface area contributed by atoms with Gasteiger partial charge in [0, 0.05) is 24.4 Å². The summed E-state index contributed by atoms with van der Waals surface area (Å²) in [6.07, 6.45) is -8.71. The summed E-state index contributed by atoms with van der Waals surface area (Å²) < 4.78 is 101. The lowest BCUT2D eigenvalue weighted by Crippen LogP contribution is -2.29. The van der Waals surface area contributed by atoms with E-state index in [1.807, 2.05) is 0 Å². The van der Waals surface area contributed by atoms with Crippen molar-refractivity contribution in [1.82, 2.24) is 24.7 Å². The predicted molar refractivity (Wildman–Crippen MR) is 146 cm³/mol. The second-order valence-corrected chi connectivity index (χ2v) is 10.0. The van der Waals surface area contributed by atoms with Gasteiger partial charge in [-0.05, 0) is 42.0 Å². The fourth-order valence-corrected chi connectivity index (χ4v) is 4.54. The van der Waals surface area contributed by atoms with Crippen LogP contribution in [-0.2, 0) is 28.3 Å². The predicted octanol–water partition coefficient (Wildman–Crippen LogP) is 5.09. The molecule has 16 heteroatoms. The highest BCUT2D eigenvalue weighted by atomic mass is 19.4. The lowest BCUT2D eigenvalue weighted by Gasteiger charge is -2.20. The third kappa shape index (κ3) is 7.13. The number of hydrogen-bond donors (Lipinski definition) is 2. The summed E-state index contributed by atoms with van der Waals surface area (Å²) in [4.78, 5) is 22.0. The quantitative estimate of drug-likeness (QED) is 0.167. The summed E-state index contributed by atoms with van der Waals surface area (Å²) in [5, 5.41) is 26.4. The van der Waals surface area contributed by atoms with Crippen molar-refractivity contribution in [3.63, 3.8) is 0 Å². The first kappa shape index (κ1) is 32.4. The van der Waals surface area contributed by atoms with Crippen molar-refractivity contribution in [2.45, 2.75) is 30.9 Å². The molecule has 9 nitrogen and oxygen atoms in total. The fraction of sp³-hybridized carbons (Fsp3) is 0.233. The number of aliphatic hydroxyl groups excluding tert-OH is 2. The van der Waals surface area contributed by atoms with E-state index >= 15 is 0 Å². The Morgan fingerprint density at radius 2 is 1.63 bits per heavy atom.